The third-order valence-corrected chi connectivity index (χ3v) is 5.77. The summed E-state index contributed by atoms with van der Waals surface area (Å²) in [4.78, 5) is 6.92. The fraction of sp³-hybridized carbons (Fsp3) is 0.688. The van der Waals surface area contributed by atoms with Crippen LogP contribution in [-0.4, -0.2) is 41.5 Å². The van der Waals surface area contributed by atoms with Crippen molar-refractivity contribution in [3.63, 3.8) is 0 Å². The fourth-order valence-electron chi connectivity index (χ4n) is 3.56. The second-order valence-corrected chi connectivity index (χ2v) is 7.34. The van der Waals surface area contributed by atoms with E-state index in [2.05, 4.69) is 38.8 Å². The van der Waals surface area contributed by atoms with Crippen molar-refractivity contribution in [3.05, 3.63) is 22.3 Å². The molecule has 0 amide bonds. The maximum absolute atomic E-state index is 10.7. The Morgan fingerprint density at radius 3 is 3.05 bits per heavy atom. The second-order valence-electron chi connectivity index (χ2n) is 6.48. The highest BCUT2D eigenvalue weighted by Gasteiger charge is 2.44. The summed E-state index contributed by atoms with van der Waals surface area (Å²) in [5, 5.41) is 10.7. The van der Waals surface area contributed by atoms with E-state index in [4.69, 9.17) is 4.74 Å². The van der Waals surface area contributed by atoms with Crippen LogP contribution in [0.25, 0.3) is 0 Å². The van der Waals surface area contributed by atoms with Crippen LogP contribution in [0.3, 0.4) is 0 Å². The first kappa shape index (κ1) is 15.3. The number of nitrogens with zero attached hydrogens (tertiary/aromatic N) is 2. The second kappa shape index (κ2) is 5.86. The van der Waals surface area contributed by atoms with E-state index in [1.165, 1.54) is 5.56 Å². The van der Waals surface area contributed by atoms with Gasteiger partial charge in [-0.05, 0) is 60.7 Å². The molecular formula is C16H23BrN2O2. The Hall–Kier alpha value is -0.650. The molecule has 0 spiro atoms. The average molecular weight is 355 g/mol. The monoisotopic (exact) mass is 354 g/mol. The molecule has 2 saturated heterocycles. The van der Waals surface area contributed by atoms with Crippen molar-refractivity contribution in [3.8, 4) is 0 Å². The third-order valence-electron chi connectivity index (χ3n) is 4.94. The van der Waals surface area contributed by atoms with E-state index >= 15 is 0 Å². The summed E-state index contributed by atoms with van der Waals surface area (Å²) in [7, 11) is 0. The van der Waals surface area contributed by atoms with Crippen molar-refractivity contribution < 1.29 is 9.84 Å². The number of hydrogen-bond acceptors (Lipinski definition) is 4. The van der Waals surface area contributed by atoms with Crippen LogP contribution >= 0.6 is 15.9 Å². The quantitative estimate of drug-likeness (QED) is 0.886. The van der Waals surface area contributed by atoms with Gasteiger partial charge < -0.3 is 14.7 Å². The number of anilines is 1. The normalized spacial score (nSPS) is 33.4. The molecule has 0 bridgehead atoms. The molecule has 4 nitrogen and oxygen atoms in total. The van der Waals surface area contributed by atoms with E-state index in [0.29, 0.717) is 19.3 Å². The van der Waals surface area contributed by atoms with Gasteiger partial charge in [0.1, 0.15) is 5.82 Å². The Kier molecular flexibility index (Phi) is 4.26. The molecule has 0 radical (unpaired) electrons. The minimum absolute atomic E-state index is 0.152. The molecule has 0 aromatic carbocycles. The van der Waals surface area contributed by atoms with Crippen molar-refractivity contribution in [2.45, 2.75) is 44.8 Å². The van der Waals surface area contributed by atoms with Crippen molar-refractivity contribution in [2.75, 3.05) is 24.7 Å². The van der Waals surface area contributed by atoms with E-state index in [0.717, 1.165) is 36.1 Å². The van der Waals surface area contributed by atoms with Crippen molar-refractivity contribution in [1.82, 2.24) is 4.98 Å². The smallest absolute Gasteiger partial charge is 0.129 e. The summed E-state index contributed by atoms with van der Waals surface area (Å²) in [5.41, 5.74) is 0.549. The third kappa shape index (κ3) is 2.96. The summed E-state index contributed by atoms with van der Waals surface area (Å²) in [6, 6.07) is 2.44. The van der Waals surface area contributed by atoms with Gasteiger partial charge in [-0.2, -0.15) is 0 Å². The number of ether oxygens (including phenoxy) is 1. The standard InChI is InChI=1S/C16H23BrN2O2/c1-11-8-15(18-9-13(11)17)19-6-3-4-14(19)12-10-21-7-5-16(12,2)20/h8-9,12,14,20H,3-7,10H2,1-2H3/t12-,14-,16-/m1/s1. The van der Waals surface area contributed by atoms with Crippen LogP contribution in [0, 0.1) is 12.8 Å². The number of aryl methyl sites for hydroxylation is 1. The molecule has 5 heteroatoms. The van der Waals surface area contributed by atoms with Gasteiger partial charge in [0.05, 0.1) is 12.2 Å². The Balaban J connectivity index is 1.86. The molecule has 1 aromatic heterocycles. The summed E-state index contributed by atoms with van der Waals surface area (Å²) >= 11 is 3.51. The molecule has 2 aliphatic heterocycles. The summed E-state index contributed by atoms with van der Waals surface area (Å²) < 4.78 is 6.68. The number of pyridine rings is 1. The van der Waals surface area contributed by atoms with Gasteiger partial charge >= 0.3 is 0 Å². The lowest BCUT2D eigenvalue weighted by Gasteiger charge is -2.43. The van der Waals surface area contributed by atoms with Gasteiger partial charge in [-0.3, -0.25) is 0 Å². The maximum Gasteiger partial charge on any atom is 0.129 e. The van der Waals surface area contributed by atoms with Crippen LogP contribution in [-0.2, 0) is 4.74 Å². The lowest BCUT2D eigenvalue weighted by atomic mass is 9.79. The number of aromatic nitrogens is 1. The fourth-order valence-corrected chi connectivity index (χ4v) is 3.77. The zero-order valence-corrected chi connectivity index (χ0v) is 14.3. The van der Waals surface area contributed by atoms with Gasteiger partial charge in [-0.15, -0.1) is 0 Å². The van der Waals surface area contributed by atoms with Crippen molar-refractivity contribution in [1.29, 1.82) is 0 Å². The summed E-state index contributed by atoms with van der Waals surface area (Å²) in [6.07, 6.45) is 4.83. The first-order valence-corrected chi connectivity index (χ1v) is 8.47. The molecule has 1 aromatic rings. The SMILES string of the molecule is Cc1cc(N2CCC[C@@H]2[C@H]2COCC[C@@]2(C)O)ncc1Br. The molecule has 1 N–H and O–H groups in total. The highest BCUT2D eigenvalue weighted by molar-refractivity contribution is 9.10. The van der Waals surface area contributed by atoms with Gasteiger partial charge in [0, 0.05) is 35.8 Å². The minimum atomic E-state index is -0.643. The molecule has 0 unspecified atom stereocenters. The number of hydrogen-bond donors (Lipinski definition) is 1. The molecule has 21 heavy (non-hydrogen) atoms. The highest BCUT2D eigenvalue weighted by Crippen LogP contribution is 2.37. The van der Waals surface area contributed by atoms with Gasteiger partial charge in [-0.25, -0.2) is 4.98 Å². The molecular weight excluding hydrogens is 332 g/mol. The van der Waals surface area contributed by atoms with Crippen LogP contribution in [0.15, 0.2) is 16.7 Å². The molecule has 2 fully saturated rings. The van der Waals surface area contributed by atoms with E-state index in [1.54, 1.807) is 0 Å². The zero-order chi connectivity index (χ0) is 15.0. The largest absolute Gasteiger partial charge is 0.390 e. The first-order chi connectivity index (χ1) is 9.99. The molecule has 0 saturated carbocycles. The molecule has 116 valence electrons. The topological polar surface area (TPSA) is 45.6 Å². The maximum atomic E-state index is 10.7. The van der Waals surface area contributed by atoms with Crippen LogP contribution in [0.1, 0.15) is 31.7 Å². The first-order valence-electron chi connectivity index (χ1n) is 7.68. The molecule has 3 atom stereocenters. The predicted molar refractivity (Wildman–Crippen MR) is 86.6 cm³/mol. The molecule has 0 aliphatic carbocycles. The van der Waals surface area contributed by atoms with Crippen molar-refractivity contribution in [2.24, 2.45) is 5.92 Å². The molecule has 3 rings (SSSR count). The van der Waals surface area contributed by atoms with Crippen LogP contribution in [0.2, 0.25) is 0 Å². The lowest BCUT2D eigenvalue weighted by Crippen LogP contribution is -2.52. The Bertz CT molecular complexity index is 521. The van der Waals surface area contributed by atoms with Gasteiger partial charge in [0.25, 0.3) is 0 Å². The summed E-state index contributed by atoms with van der Waals surface area (Å²) in [5.74, 6) is 1.17. The zero-order valence-electron chi connectivity index (χ0n) is 12.7. The van der Waals surface area contributed by atoms with Crippen LogP contribution in [0.4, 0.5) is 5.82 Å². The average Bonchev–Trinajstić information content (AvgIpc) is 2.90. The Morgan fingerprint density at radius 2 is 2.33 bits per heavy atom. The van der Waals surface area contributed by atoms with E-state index in [-0.39, 0.29) is 5.92 Å². The van der Waals surface area contributed by atoms with E-state index in [1.807, 2.05) is 13.1 Å². The Labute approximate surface area is 134 Å². The van der Waals surface area contributed by atoms with Gasteiger partial charge in [-0.1, -0.05) is 0 Å². The van der Waals surface area contributed by atoms with Crippen molar-refractivity contribution >= 4 is 21.7 Å². The number of rotatable bonds is 2. The minimum Gasteiger partial charge on any atom is -0.390 e. The number of halogens is 1. The molecule has 2 aliphatic rings. The lowest BCUT2D eigenvalue weighted by molar-refractivity contribution is -0.108. The molecule has 3 heterocycles. The van der Waals surface area contributed by atoms with Gasteiger partial charge in [0.2, 0.25) is 0 Å². The number of aliphatic hydroxyl groups is 1. The Morgan fingerprint density at radius 1 is 1.52 bits per heavy atom. The van der Waals surface area contributed by atoms with E-state index in [9.17, 15) is 5.11 Å². The summed E-state index contributed by atoms with van der Waals surface area (Å²) in [6.45, 7) is 6.35. The van der Waals surface area contributed by atoms with Gasteiger partial charge in [0.15, 0.2) is 0 Å². The van der Waals surface area contributed by atoms with Crippen LogP contribution in [0.5, 0.6) is 0 Å². The highest BCUT2D eigenvalue weighted by atomic mass is 79.9. The predicted octanol–water partition coefficient (Wildman–Crippen LogP) is 2.91. The van der Waals surface area contributed by atoms with E-state index < -0.39 is 5.60 Å². The van der Waals surface area contributed by atoms with Crippen LogP contribution < -0.4 is 4.90 Å².